The normalized spacial score (nSPS) is 45.1. The summed E-state index contributed by atoms with van der Waals surface area (Å²) in [7, 11) is 0. The van der Waals surface area contributed by atoms with Crippen LogP contribution in [-0.2, 0) is 0 Å². The van der Waals surface area contributed by atoms with E-state index in [4.69, 9.17) is 0 Å². The predicted molar refractivity (Wildman–Crippen MR) is 74.4 cm³/mol. The first kappa shape index (κ1) is 12.7. The van der Waals surface area contributed by atoms with Gasteiger partial charge in [-0.25, -0.2) is 0 Å². The number of rotatable bonds is 2. The summed E-state index contributed by atoms with van der Waals surface area (Å²) in [5.41, 5.74) is 1.61. The molecule has 2 fully saturated rings. The molecule has 4 atom stereocenters. The van der Waals surface area contributed by atoms with Crippen LogP contribution in [0.5, 0.6) is 0 Å². The third-order valence-electron chi connectivity index (χ3n) is 5.63. The van der Waals surface area contributed by atoms with E-state index < -0.39 is 0 Å². The molecule has 0 aromatic rings. The van der Waals surface area contributed by atoms with Crippen molar-refractivity contribution in [2.24, 2.45) is 11.8 Å². The van der Waals surface area contributed by atoms with Crippen LogP contribution in [-0.4, -0.2) is 34.7 Å². The summed E-state index contributed by atoms with van der Waals surface area (Å²) in [6, 6.07) is 1.33. The fraction of sp³-hybridized carbons (Fsp3) is 0.875. The number of piperidine rings is 1. The minimum atomic E-state index is -0.0285. The number of aliphatic hydroxyl groups excluding tert-OH is 1. The van der Waals surface area contributed by atoms with Crippen molar-refractivity contribution in [2.45, 2.75) is 70.6 Å². The van der Waals surface area contributed by atoms with E-state index in [0.717, 1.165) is 24.7 Å². The SMILES string of the molecule is CC1=CCC[C@H](C)[C@H]1CN1[C@H]2CC[C@H]1CC(O)C2. The first-order valence-corrected chi connectivity index (χ1v) is 7.75. The van der Waals surface area contributed by atoms with E-state index in [1.165, 1.54) is 32.2 Å². The second-order valence-corrected chi connectivity index (χ2v) is 6.82. The number of allylic oxidation sites excluding steroid dienone is 1. The highest BCUT2D eigenvalue weighted by Crippen LogP contribution is 2.39. The number of nitrogens with zero attached hydrogens (tertiary/aromatic N) is 1. The van der Waals surface area contributed by atoms with Gasteiger partial charge in [0.05, 0.1) is 6.10 Å². The van der Waals surface area contributed by atoms with Crippen LogP contribution in [0.2, 0.25) is 0 Å². The predicted octanol–water partition coefficient (Wildman–Crippen LogP) is 2.97. The van der Waals surface area contributed by atoms with Crippen molar-refractivity contribution in [3.8, 4) is 0 Å². The summed E-state index contributed by atoms with van der Waals surface area (Å²) < 4.78 is 0. The molecule has 0 amide bonds. The molecule has 0 aromatic heterocycles. The van der Waals surface area contributed by atoms with E-state index in [9.17, 15) is 5.11 Å². The highest BCUT2D eigenvalue weighted by atomic mass is 16.3. The summed E-state index contributed by atoms with van der Waals surface area (Å²) in [6.45, 7) is 5.98. The van der Waals surface area contributed by atoms with Gasteiger partial charge in [-0.15, -0.1) is 0 Å². The molecule has 0 spiro atoms. The third kappa shape index (κ3) is 2.25. The Hall–Kier alpha value is -0.340. The van der Waals surface area contributed by atoms with Crippen molar-refractivity contribution in [3.63, 3.8) is 0 Å². The van der Waals surface area contributed by atoms with Crippen molar-refractivity contribution in [3.05, 3.63) is 11.6 Å². The Kier molecular flexibility index (Phi) is 3.50. The van der Waals surface area contributed by atoms with E-state index in [0.29, 0.717) is 12.1 Å². The van der Waals surface area contributed by atoms with Crippen LogP contribution in [0.4, 0.5) is 0 Å². The Morgan fingerprint density at radius 3 is 2.50 bits per heavy atom. The second-order valence-electron chi connectivity index (χ2n) is 6.82. The van der Waals surface area contributed by atoms with Crippen molar-refractivity contribution in [1.82, 2.24) is 4.90 Å². The van der Waals surface area contributed by atoms with Crippen LogP contribution in [0.15, 0.2) is 11.6 Å². The first-order chi connectivity index (χ1) is 8.65. The number of hydrogen-bond donors (Lipinski definition) is 1. The molecule has 2 aliphatic heterocycles. The van der Waals surface area contributed by atoms with Gasteiger partial charge in [-0.3, -0.25) is 4.90 Å². The first-order valence-electron chi connectivity index (χ1n) is 7.75. The van der Waals surface area contributed by atoms with Crippen LogP contribution in [0.25, 0.3) is 0 Å². The molecule has 0 aromatic carbocycles. The molecule has 3 aliphatic rings. The van der Waals surface area contributed by atoms with Crippen molar-refractivity contribution in [1.29, 1.82) is 0 Å². The van der Waals surface area contributed by atoms with Crippen molar-refractivity contribution < 1.29 is 5.11 Å². The lowest BCUT2D eigenvalue weighted by atomic mass is 9.79. The highest BCUT2D eigenvalue weighted by molar-refractivity contribution is 5.10. The number of hydrogen-bond acceptors (Lipinski definition) is 2. The molecule has 2 heterocycles. The lowest BCUT2D eigenvalue weighted by Crippen LogP contribution is -2.47. The van der Waals surface area contributed by atoms with Gasteiger partial charge in [0.2, 0.25) is 0 Å². The third-order valence-corrected chi connectivity index (χ3v) is 5.63. The zero-order chi connectivity index (χ0) is 12.7. The van der Waals surface area contributed by atoms with Crippen LogP contribution < -0.4 is 0 Å². The summed E-state index contributed by atoms with van der Waals surface area (Å²) in [4.78, 5) is 2.73. The van der Waals surface area contributed by atoms with Crippen molar-refractivity contribution in [2.75, 3.05) is 6.54 Å². The molecule has 0 radical (unpaired) electrons. The lowest BCUT2D eigenvalue weighted by Gasteiger charge is -2.41. The quantitative estimate of drug-likeness (QED) is 0.761. The Labute approximate surface area is 111 Å². The topological polar surface area (TPSA) is 23.5 Å². The Bertz CT molecular complexity index is 324. The zero-order valence-corrected chi connectivity index (χ0v) is 11.8. The zero-order valence-electron chi connectivity index (χ0n) is 11.8. The summed E-state index contributed by atoms with van der Waals surface area (Å²) in [6.07, 6.45) is 9.70. The molecule has 102 valence electrons. The monoisotopic (exact) mass is 249 g/mol. The van der Waals surface area contributed by atoms with E-state index >= 15 is 0 Å². The molecule has 2 saturated heterocycles. The Morgan fingerprint density at radius 2 is 1.89 bits per heavy atom. The molecule has 3 rings (SSSR count). The van der Waals surface area contributed by atoms with Gasteiger partial charge in [0.25, 0.3) is 0 Å². The fourth-order valence-electron chi connectivity index (χ4n) is 4.47. The van der Waals surface area contributed by atoms with E-state index in [-0.39, 0.29) is 6.10 Å². The van der Waals surface area contributed by atoms with Gasteiger partial charge in [-0.2, -0.15) is 0 Å². The Morgan fingerprint density at radius 1 is 1.22 bits per heavy atom. The van der Waals surface area contributed by atoms with E-state index in [1.54, 1.807) is 5.57 Å². The maximum atomic E-state index is 9.88. The molecule has 1 N–H and O–H groups in total. The van der Waals surface area contributed by atoms with Gasteiger partial charge in [0, 0.05) is 18.6 Å². The van der Waals surface area contributed by atoms with E-state index in [1.807, 2.05) is 0 Å². The van der Waals surface area contributed by atoms with Crippen molar-refractivity contribution >= 4 is 0 Å². The minimum Gasteiger partial charge on any atom is -0.393 e. The molecular weight excluding hydrogens is 222 g/mol. The average molecular weight is 249 g/mol. The van der Waals surface area contributed by atoms with Gasteiger partial charge in [-0.1, -0.05) is 18.6 Å². The van der Waals surface area contributed by atoms with Crippen LogP contribution in [0.1, 0.15) is 52.4 Å². The number of fused-ring (bicyclic) bond motifs is 2. The standard InChI is InChI=1S/C16H27NO/c1-11-4-3-5-12(2)16(11)10-17-13-6-7-14(17)9-15(18)8-13/h4,12-16,18H,3,5-10H2,1-2H3/t12-,13-,14-,16-/m0/s1. The molecule has 0 unspecified atom stereocenters. The molecular formula is C16H27NO. The minimum absolute atomic E-state index is 0.0285. The summed E-state index contributed by atoms with van der Waals surface area (Å²) >= 11 is 0. The van der Waals surface area contributed by atoms with Crippen LogP contribution >= 0.6 is 0 Å². The molecule has 2 heteroatoms. The molecule has 18 heavy (non-hydrogen) atoms. The highest BCUT2D eigenvalue weighted by Gasteiger charge is 2.41. The second kappa shape index (κ2) is 4.97. The largest absolute Gasteiger partial charge is 0.393 e. The van der Waals surface area contributed by atoms with E-state index in [2.05, 4.69) is 24.8 Å². The molecule has 0 saturated carbocycles. The average Bonchev–Trinajstić information content (AvgIpc) is 2.56. The number of aliphatic hydroxyl groups is 1. The maximum Gasteiger partial charge on any atom is 0.0570 e. The smallest absolute Gasteiger partial charge is 0.0570 e. The van der Waals surface area contributed by atoms with Gasteiger partial charge < -0.3 is 5.11 Å². The fourth-order valence-corrected chi connectivity index (χ4v) is 4.47. The molecule has 2 nitrogen and oxygen atoms in total. The molecule has 2 bridgehead atoms. The molecule has 1 aliphatic carbocycles. The van der Waals surface area contributed by atoms with Gasteiger partial charge >= 0.3 is 0 Å². The summed E-state index contributed by atoms with van der Waals surface area (Å²) in [5, 5.41) is 9.88. The van der Waals surface area contributed by atoms with Gasteiger partial charge in [0.1, 0.15) is 0 Å². The lowest BCUT2D eigenvalue weighted by molar-refractivity contribution is 0.0247. The maximum absolute atomic E-state index is 9.88. The van der Waals surface area contributed by atoms with Gasteiger partial charge in [-0.05, 0) is 57.3 Å². The Balaban J connectivity index is 1.69. The van der Waals surface area contributed by atoms with Crippen LogP contribution in [0, 0.1) is 11.8 Å². The summed E-state index contributed by atoms with van der Waals surface area (Å²) in [5.74, 6) is 1.60. The van der Waals surface area contributed by atoms with Gasteiger partial charge in [0.15, 0.2) is 0 Å². The van der Waals surface area contributed by atoms with Crippen LogP contribution in [0.3, 0.4) is 0 Å².